The van der Waals surface area contributed by atoms with E-state index in [2.05, 4.69) is 22.2 Å². The Morgan fingerprint density at radius 1 is 1.28 bits per heavy atom. The zero-order valence-electron chi connectivity index (χ0n) is 10.9. The molecule has 2 aromatic rings. The van der Waals surface area contributed by atoms with Crippen LogP contribution in [0.2, 0.25) is 0 Å². The second-order valence-electron chi connectivity index (χ2n) is 4.06. The van der Waals surface area contributed by atoms with Crippen molar-refractivity contribution in [3.05, 3.63) is 39.5 Å². The monoisotopic (exact) mass is 263 g/mol. The van der Waals surface area contributed by atoms with Crippen molar-refractivity contribution in [2.24, 2.45) is 0 Å². The molecule has 0 aliphatic heterocycles. The molecule has 0 aliphatic rings. The zero-order chi connectivity index (χ0) is 13.0. The van der Waals surface area contributed by atoms with Gasteiger partial charge in [0.15, 0.2) is 0 Å². The number of ether oxygens (including phenoxy) is 1. The van der Waals surface area contributed by atoms with Gasteiger partial charge >= 0.3 is 0 Å². The van der Waals surface area contributed by atoms with Crippen LogP contribution in [0.1, 0.15) is 21.1 Å². The van der Waals surface area contributed by atoms with Crippen LogP contribution in [0.25, 0.3) is 0 Å². The van der Waals surface area contributed by atoms with Crippen LogP contribution < -0.4 is 10.1 Å². The van der Waals surface area contributed by atoms with Gasteiger partial charge in [-0.2, -0.15) is 0 Å². The lowest BCUT2D eigenvalue weighted by molar-refractivity contribution is 0.397. The summed E-state index contributed by atoms with van der Waals surface area (Å²) in [5.41, 5.74) is 2.27. The van der Waals surface area contributed by atoms with E-state index in [0.717, 1.165) is 29.4 Å². The van der Waals surface area contributed by atoms with Crippen molar-refractivity contribution in [2.45, 2.75) is 26.9 Å². The Hall–Kier alpha value is -1.46. The largest absolute Gasteiger partial charge is 0.481 e. The maximum atomic E-state index is 5.02. The number of aromatic nitrogens is 2. The van der Waals surface area contributed by atoms with Crippen LogP contribution in [-0.2, 0) is 13.1 Å². The Bertz CT molecular complexity index is 488. The van der Waals surface area contributed by atoms with Gasteiger partial charge in [0.1, 0.15) is 5.01 Å². The molecule has 0 bridgehead atoms. The zero-order valence-corrected chi connectivity index (χ0v) is 11.7. The number of rotatable bonds is 5. The van der Waals surface area contributed by atoms with Crippen molar-refractivity contribution < 1.29 is 4.74 Å². The fourth-order valence-corrected chi connectivity index (χ4v) is 2.47. The first-order valence-electron chi connectivity index (χ1n) is 5.81. The number of aryl methyl sites for hydroxylation is 2. The maximum Gasteiger partial charge on any atom is 0.212 e. The third-order valence-electron chi connectivity index (χ3n) is 2.68. The van der Waals surface area contributed by atoms with Crippen molar-refractivity contribution >= 4 is 11.3 Å². The van der Waals surface area contributed by atoms with Crippen LogP contribution in [-0.4, -0.2) is 17.1 Å². The molecule has 0 amide bonds. The molecule has 2 aromatic heterocycles. The lowest BCUT2D eigenvalue weighted by Crippen LogP contribution is -2.12. The molecule has 96 valence electrons. The smallest absolute Gasteiger partial charge is 0.212 e. The molecule has 1 N–H and O–H groups in total. The van der Waals surface area contributed by atoms with Crippen LogP contribution in [0.3, 0.4) is 0 Å². The summed E-state index contributed by atoms with van der Waals surface area (Å²) < 4.78 is 5.02. The topological polar surface area (TPSA) is 47.0 Å². The first kappa shape index (κ1) is 13.0. The van der Waals surface area contributed by atoms with E-state index < -0.39 is 0 Å². The average molecular weight is 263 g/mol. The van der Waals surface area contributed by atoms with E-state index in [0.29, 0.717) is 5.88 Å². The van der Waals surface area contributed by atoms with Gasteiger partial charge in [-0.05, 0) is 19.4 Å². The highest BCUT2D eigenvalue weighted by molar-refractivity contribution is 7.11. The average Bonchev–Trinajstić information content (AvgIpc) is 2.69. The first-order chi connectivity index (χ1) is 8.69. The van der Waals surface area contributed by atoms with E-state index in [4.69, 9.17) is 4.74 Å². The highest BCUT2D eigenvalue weighted by Gasteiger charge is 2.03. The van der Waals surface area contributed by atoms with Crippen LogP contribution in [0, 0.1) is 13.8 Å². The predicted molar refractivity (Wildman–Crippen MR) is 72.9 cm³/mol. The lowest BCUT2D eigenvalue weighted by atomic mass is 10.3. The quantitative estimate of drug-likeness (QED) is 0.900. The summed E-state index contributed by atoms with van der Waals surface area (Å²) >= 11 is 1.75. The van der Waals surface area contributed by atoms with Crippen molar-refractivity contribution in [1.29, 1.82) is 0 Å². The Morgan fingerprint density at radius 3 is 2.67 bits per heavy atom. The molecule has 0 unspecified atom stereocenters. The number of hydrogen-bond donors (Lipinski definition) is 1. The summed E-state index contributed by atoms with van der Waals surface area (Å²) in [7, 11) is 1.62. The van der Waals surface area contributed by atoms with E-state index >= 15 is 0 Å². The van der Waals surface area contributed by atoms with Crippen LogP contribution in [0.5, 0.6) is 5.88 Å². The number of thiazole rings is 1. The van der Waals surface area contributed by atoms with E-state index in [9.17, 15) is 0 Å². The van der Waals surface area contributed by atoms with Gasteiger partial charge < -0.3 is 10.1 Å². The number of nitrogens with one attached hydrogen (secondary N) is 1. The van der Waals surface area contributed by atoms with Gasteiger partial charge in [-0.1, -0.05) is 6.07 Å². The summed E-state index contributed by atoms with van der Waals surface area (Å²) in [5.74, 6) is 0.643. The molecule has 0 spiro atoms. The van der Waals surface area contributed by atoms with Crippen molar-refractivity contribution in [3.8, 4) is 5.88 Å². The van der Waals surface area contributed by atoms with Crippen molar-refractivity contribution in [2.75, 3.05) is 7.11 Å². The minimum Gasteiger partial charge on any atom is -0.481 e. The van der Waals surface area contributed by atoms with Gasteiger partial charge in [-0.3, -0.25) is 0 Å². The summed E-state index contributed by atoms with van der Waals surface area (Å²) in [6.07, 6.45) is 1.82. The Balaban J connectivity index is 1.84. The molecule has 0 saturated carbocycles. The molecule has 2 rings (SSSR count). The second kappa shape index (κ2) is 5.93. The first-order valence-corrected chi connectivity index (χ1v) is 6.63. The lowest BCUT2D eigenvalue weighted by Gasteiger charge is -2.03. The number of nitrogens with zero attached hydrogens (tertiary/aromatic N) is 2. The summed E-state index contributed by atoms with van der Waals surface area (Å²) in [6, 6.07) is 3.88. The number of pyridine rings is 1. The maximum absolute atomic E-state index is 5.02. The van der Waals surface area contributed by atoms with Crippen LogP contribution >= 0.6 is 11.3 Å². The van der Waals surface area contributed by atoms with Gasteiger partial charge in [-0.15, -0.1) is 11.3 Å². The highest BCUT2D eigenvalue weighted by Crippen LogP contribution is 2.16. The molecule has 2 heterocycles. The fourth-order valence-electron chi connectivity index (χ4n) is 1.56. The molecule has 0 aliphatic carbocycles. The molecule has 5 heteroatoms. The molecule has 0 radical (unpaired) electrons. The van der Waals surface area contributed by atoms with Gasteiger partial charge in [-0.25, -0.2) is 9.97 Å². The minimum absolute atomic E-state index is 0.643. The molecule has 0 saturated heterocycles. The summed E-state index contributed by atoms with van der Waals surface area (Å²) in [5, 5.41) is 4.49. The van der Waals surface area contributed by atoms with Gasteiger partial charge in [0.05, 0.1) is 12.8 Å². The fraction of sp³-hybridized carbons (Fsp3) is 0.385. The Kier molecular flexibility index (Phi) is 4.28. The number of hydrogen-bond acceptors (Lipinski definition) is 5. The Morgan fingerprint density at radius 2 is 2.11 bits per heavy atom. The molecule has 4 nitrogen and oxygen atoms in total. The van der Waals surface area contributed by atoms with Crippen LogP contribution in [0.15, 0.2) is 18.3 Å². The summed E-state index contributed by atoms with van der Waals surface area (Å²) in [4.78, 5) is 9.94. The molecular formula is C13H17N3OS. The standard InChI is InChI=1S/C13H17N3OS/c1-9-10(2)18-13(16-9)8-14-6-11-4-5-12(17-3)15-7-11/h4-5,7,14H,6,8H2,1-3H3. The van der Waals surface area contributed by atoms with Crippen LogP contribution in [0.4, 0.5) is 0 Å². The van der Waals surface area contributed by atoms with Gasteiger partial charge in [0.2, 0.25) is 5.88 Å². The summed E-state index contributed by atoms with van der Waals surface area (Å²) in [6.45, 7) is 5.73. The molecule has 0 atom stereocenters. The highest BCUT2D eigenvalue weighted by atomic mass is 32.1. The van der Waals surface area contributed by atoms with Gasteiger partial charge in [0.25, 0.3) is 0 Å². The number of methoxy groups -OCH3 is 1. The minimum atomic E-state index is 0.643. The molecule has 0 fully saturated rings. The third-order valence-corrected chi connectivity index (χ3v) is 3.76. The SMILES string of the molecule is COc1ccc(CNCc2nc(C)c(C)s2)cn1. The predicted octanol–water partition coefficient (Wildman–Crippen LogP) is 2.45. The van der Waals surface area contributed by atoms with Crippen molar-refractivity contribution in [1.82, 2.24) is 15.3 Å². The molecule has 18 heavy (non-hydrogen) atoms. The Labute approximate surface area is 111 Å². The van der Waals surface area contributed by atoms with E-state index in [1.54, 1.807) is 18.4 Å². The van der Waals surface area contributed by atoms with E-state index in [1.165, 1.54) is 4.88 Å². The van der Waals surface area contributed by atoms with Gasteiger partial charge in [0, 0.05) is 30.2 Å². The van der Waals surface area contributed by atoms with E-state index in [1.807, 2.05) is 25.3 Å². The third kappa shape index (κ3) is 3.27. The molecular weight excluding hydrogens is 246 g/mol. The molecule has 0 aromatic carbocycles. The second-order valence-corrected chi connectivity index (χ2v) is 5.35. The normalized spacial score (nSPS) is 10.6. The van der Waals surface area contributed by atoms with E-state index in [-0.39, 0.29) is 0 Å². The van der Waals surface area contributed by atoms with Crippen molar-refractivity contribution in [3.63, 3.8) is 0 Å².